The van der Waals surface area contributed by atoms with Crippen LogP contribution in [0.4, 0.5) is 0 Å². The molecule has 0 spiro atoms. The summed E-state index contributed by atoms with van der Waals surface area (Å²) in [7, 11) is 1.54. The third-order valence-corrected chi connectivity index (χ3v) is 5.41. The molecule has 2 atom stereocenters. The standard InChI is InChI=1S/C21H39N3O4/c1-14(2)13-24(28)20(27)16(15-10-8-7-9-11-15)12-17(25)23-18(19(26)22-6)21(3,4)5/h14-16,18,28H,7-13H2,1-6H3,(H,22,26)(H,23,25)/t16-,18?/m0/s1. The van der Waals surface area contributed by atoms with Gasteiger partial charge in [0.2, 0.25) is 17.7 Å². The molecule has 1 rings (SSSR count). The Morgan fingerprint density at radius 3 is 2.14 bits per heavy atom. The molecule has 1 aliphatic carbocycles. The Morgan fingerprint density at radius 1 is 1.11 bits per heavy atom. The first-order valence-electron chi connectivity index (χ1n) is 10.5. The fourth-order valence-electron chi connectivity index (χ4n) is 3.86. The molecule has 7 nitrogen and oxygen atoms in total. The van der Waals surface area contributed by atoms with Gasteiger partial charge in [0, 0.05) is 13.5 Å². The van der Waals surface area contributed by atoms with Crippen LogP contribution in [0.5, 0.6) is 0 Å². The molecule has 1 unspecified atom stereocenters. The molecule has 0 aromatic heterocycles. The van der Waals surface area contributed by atoms with E-state index in [-0.39, 0.29) is 42.5 Å². The molecule has 0 bridgehead atoms. The van der Waals surface area contributed by atoms with Crippen LogP contribution in [0.25, 0.3) is 0 Å². The zero-order valence-corrected chi connectivity index (χ0v) is 18.4. The van der Waals surface area contributed by atoms with Gasteiger partial charge in [-0.3, -0.25) is 19.6 Å². The maximum absolute atomic E-state index is 12.9. The van der Waals surface area contributed by atoms with Crippen LogP contribution >= 0.6 is 0 Å². The van der Waals surface area contributed by atoms with E-state index in [9.17, 15) is 19.6 Å². The third-order valence-electron chi connectivity index (χ3n) is 5.41. The van der Waals surface area contributed by atoms with Crippen molar-refractivity contribution in [3.8, 4) is 0 Å². The number of hydrogen-bond donors (Lipinski definition) is 3. The molecule has 162 valence electrons. The van der Waals surface area contributed by atoms with Crippen LogP contribution in [0.2, 0.25) is 0 Å². The Morgan fingerprint density at radius 2 is 1.68 bits per heavy atom. The van der Waals surface area contributed by atoms with Crippen molar-refractivity contribution in [3.63, 3.8) is 0 Å². The number of likely N-dealkylation sites (N-methyl/N-ethyl adjacent to an activating group) is 1. The normalized spacial score (nSPS) is 17.7. The molecule has 0 radical (unpaired) electrons. The zero-order valence-electron chi connectivity index (χ0n) is 18.4. The van der Waals surface area contributed by atoms with Gasteiger partial charge in [0.1, 0.15) is 6.04 Å². The molecule has 7 heteroatoms. The molecule has 0 saturated heterocycles. The molecule has 0 heterocycles. The lowest BCUT2D eigenvalue weighted by Gasteiger charge is -2.33. The van der Waals surface area contributed by atoms with Crippen LogP contribution in [0.3, 0.4) is 0 Å². The van der Waals surface area contributed by atoms with E-state index in [2.05, 4.69) is 10.6 Å². The molecule has 3 N–H and O–H groups in total. The summed E-state index contributed by atoms with van der Waals surface area (Å²) in [6.07, 6.45) is 4.97. The highest BCUT2D eigenvalue weighted by atomic mass is 16.5. The van der Waals surface area contributed by atoms with Crippen LogP contribution in [0.15, 0.2) is 0 Å². The molecule has 28 heavy (non-hydrogen) atoms. The summed E-state index contributed by atoms with van der Waals surface area (Å²) < 4.78 is 0. The predicted molar refractivity (Wildman–Crippen MR) is 108 cm³/mol. The maximum atomic E-state index is 12.9. The van der Waals surface area contributed by atoms with Gasteiger partial charge in [0.25, 0.3) is 0 Å². The Hall–Kier alpha value is -1.63. The largest absolute Gasteiger partial charge is 0.357 e. The third kappa shape index (κ3) is 7.41. The van der Waals surface area contributed by atoms with Crippen LogP contribution in [0, 0.1) is 23.2 Å². The summed E-state index contributed by atoms with van der Waals surface area (Å²) in [6.45, 7) is 9.75. The maximum Gasteiger partial charge on any atom is 0.249 e. The molecule has 0 aliphatic heterocycles. The van der Waals surface area contributed by atoms with E-state index >= 15 is 0 Å². The van der Waals surface area contributed by atoms with Gasteiger partial charge in [0.05, 0.1) is 12.5 Å². The number of nitrogens with one attached hydrogen (secondary N) is 2. The Kier molecular flexibility index (Phi) is 9.40. The molecule has 0 aromatic carbocycles. The monoisotopic (exact) mass is 397 g/mol. The van der Waals surface area contributed by atoms with Crippen molar-refractivity contribution in [2.24, 2.45) is 23.2 Å². The fourth-order valence-corrected chi connectivity index (χ4v) is 3.86. The molecule has 0 aromatic rings. The summed E-state index contributed by atoms with van der Waals surface area (Å²) in [5.74, 6) is -1.32. The van der Waals surface area contributed by atoms with Crippen molar-refractivity contribution in [2.45, 2.75) is 79.2 Å². The van der Waals surface area contributed by atoms with E-state index in [0.29, 0.717) is 0 Å². The topological polar surface area (TPSA) is 98.7 Å². The van der Waals surface area contributed by atoms with Gasteiger partial charge in [-0.05, 0) is 30.1 Å². The number of carbonyl (C=O) groups excluding carboxylic acids is 3. The molecular formula is C21H39N3O4. The first-order valence-corrected chi connectivity index (χ1v) is 10.5. The van der Waals surface area contributed by atoms with Crippen LogP contribution in [-0.2, 0) is 14.4 Å². The van der Waals surface area contributed by atoms with Crippen molar-refractivity contribution in [1.29, 1.82) is 0 Å². The summed E-state index contributed by atoms with van der Waals surface area (Å²) in [6, 6.07) is -0.687. The average Bonchev–Trinajstić information content (AvgIpc) is 2.62. The highest BCUT2D eigenvalue weighted by Crippen LogP contribution is 2.33. The number of hydroxylamine groups is 2. The minimum Gasteiger partial charge on any atom is -0.357 e. The SMILES string of the molecule is CNC(=O)C(NC(=O)C[C@H](C(=O)N(O)CC(C)C)C1CCCCC1)C(C)(C)C. The summed E-state index contributed by atoms with van der Waals surface area (Å²) in [5.41, 5.74) is -0.458. The number of nitrogens with zero attached hydrogens (tertiary/aromatic N) is 1. The minimum absolute atomic E-state index is 0.0117. The Balaban J connectivity index is 2.93. The molecule has 1 aliphatic rings. The van der Waals surface area contributed by atoms with Gasteiger partial charge in [0.15, 0.2) is 0 Å². The van der Waals surface area contributed by atoms with Crippen molar-refractivity contribution >= 4 is 17.7 Å². The number of rotatable bonds is 8. The van der Waals surface area contributed by atoms with Crippen molar-refractivity contribution < 1.29 is 19.6 Å². The van der Waals surface area contributed by atoms with Gasteiger partial charge >= 0.3 is 0 Å². The second kappa shape index (κ2) is 10.8. The first kappa shape index (κ1) is 24.4. The summed E-state index contributed by atoms with van der Waals surface area (Å²) in [5, 5.41) is 16.4. The summed E-state index contributed by atoms with van der Waals surface area (Å²) in [4.78, 5) is 37.9. The number of hydrogen-bond acceptors (Lipinski definition) is 4. The van der Waals surface area contributed by atoms with Crippen molar-refractivity contribution in [2.75, 3.05) is 13.6 Å². The quantitative estimate of drug-likeness (QED) is 0.433. The molecule has 1 fully saturated rings. The fraction of sp³-hybridized carbons (Fsp3) is 0.857. The van der Waals surface area contributed by atoms with E-state index in [1.165, 1.54) is 7.05 Å². The Bertz CT molecular complexity index is 536. The van der Waals surface area contributed by atoms with Gasteiger partial charge < -0.3 is 10.6 Å². The predicted octanol–water partition coefficient (Wildman–Crippen LogP) is 2.72. The van der Waals surface area contributed by atoms with Crippen LogP contribution < -0.4 is 10.6 Å². The lowest BCUT2D eigenvalue weighted by Crippen LogP contribution is -2.53. The van der Waals surface area contributed by atoms with Crippen molar-refractivity contribution in [1.82, 2.24) is 15.7 Å². The molecular weight excluding hydrogens is 358 g/mol. The van der Waals surface area contributed by atoms with Gasteiger partial charge in [-0.25, -0.2) is 5.06 Å². The lowest BCUT2D eigenvalue weighted by molar-refractivity contribution is -0.175. The van der Waals surface area contributed by atoms with E-state index in [1.54, 1.807) is 0 Å². The molecule has 3 amide bonds. The zero-order chi connectivity index (χ0) is 21.5. The van der Waals surface area contributed by atoms with E-state index in [1.807, 2.05) is 34.6 Å². The lowest BCUT2D eigenvalue weighted by atomic mass is 9.77. The highest BCUT2D eigenvalue weighted by Gasteiger charge is 2.37. The van der Waals surface area contributed by atoms with E-state index < -0.39 is 17.4 Å². The number of carbonyl (C=O) groups is 3. The Labute approximate surface area is 169 Å². The number of amides is 3. The first-order chi connectivity index (χ1) is 13.0. The summed E-state index contributed by atoms with van der Waals surface area (Å²) >= 11 is 0. The second-order valence-electron chi connectivity index (χ2n) is 9.50. The van der Waals surface area contributed by atoms with E-state index in [4.69, 9.17) is 0 Å². The van der Waals surface area contributed by atoms with Crippen molar-refractivity contribution in [3.05, 3.63) is 0 Å². The van der Waals surface area contributed by atoms with Gasteiger partial charge in [-0.15, -0.1) is 0 Å². The van der Waals surface area contributed by atoms with Crippen LogP contribution in [-0.4, -0.2) is 47.6 Å². The van der Waals surface area contributed by atoms with Gasteiger partial charge in [-0.1, -0.05) is 53.9 Å². The second-order valence-corrected chi connectivity index (χ2v) is 9.50. The minimum atomic E-state index is -0.687. The highest BCUT2D eigenvalue weighted by molar-refractivity contribution is 5.90. The van der Waals surface area contributed by atoms with E-state index in [0.717, 1.165) is 37.2 Å². The van der Waals surface area contributed by atoms with Crippen LogP contribution in [0.1, 0.15) is 73.1 Å². The molecule has 1 saturated carbocycles. The average molecular weight is 398 g/mol. The smallest absolute Gasteiger partial charge is 0.249 e. The van der Waals surface area contributed by atoms with Gasteiger partial charge in [-0.2, -0.15) is 0 Å².